The molecule has 2 aliphatic rings. The van der Waals surface area contributed by atoms with Gasteiger partial charge in [0.1, 0.15) is 5.82 Å². The third-order valence-corrected chi connectivity index (χ3v) is 3.89. The predicted octanol–water partition coefficient (Wildman–Crippen LogP) is 1.77. The molecule has 0 spiro atoms. The summed E-state index contributed by atoms with van der Waals surface area (Å²) in [5.41, 5.74) is -1.46. The van der Waals surface area contributed by atoms with Crippen LogP contribution >= 0.6 is 11.6 Å². The van der Waals surface area contributed by atoms with E-state index in [2.05, 4.69) is 5.32 Å². The average molecular weight is 302 g/mol. The van der Waals surface area contributed by atoms with Crippen LogP contribution in [0.1, 0.15) is 18.9 Å². The van der Waals surface area contributed by atoms with Gasteiger partial charge in [-0.2, -0.15) is 0 Å². The van der Waals surface area contributed by atoms with Crippen molar-refractivity contribution in [1.82, 2.24) is 0 Å². The molecule has 1 amide bonds. The molecule has 1 aromatic rings. The second-order valence-electron chi connectivity index (χ2n) is 5.13. The van der Waals surface area contributed by atoms with E-state index in [4.69, 9.17) is 21.1 Å². The molecule has 1 aromatic carbocycles. The van der Waals surface area contributed by atoms with Gasteiger partial charge >= 0.3 is 0 Å². The van der Waals surface area contributed by atoms with Crippen molar-refractivity contribution in [3.8, 4) is 0 Å². The Balaban J connectivity index is 2.02. The zero-order valence-corrected chi connectivity index (χ0v) is 11.5. The fraction of sp³-hybridized carbons (Fsp3) is 0.462. The van der Waals surface area contributed by atoms with E-state index in [-0.39, 0.29) is 17.0 Å². The summed E-state index contributed by atoms with van der Waals surface area (Å²) in [7, 11) is 0. The van der Waals surface area contributed by atoms with Crippen molar-refractivity contribution in [2.75, 3.05) is 18.5 Å². The molecule has 0 saturated carbocycles. The number of fused-ring (bicyclic) bond motifs is 1. The van der Waals surface area contributed by atoms with Gasteiger partial charge in [-0.25, -0.2) is 4.39 Å². The molecule has 0 bridgehead atoms. The van der Waals surface area contributed by atoms with E-state index < -0.39 is 23.1 Å². The highest BCUT2D eigenvalue weighted by Gasteiger charge is 2.51. The summed E-state index contributed by atoms with van der Waals surface area (Å²) >= 11 is 5.67. The minimum Gasteiger partial charge on any atom is -0.375 e. The van der Waals surface area contributed by atoms with Crippen LogP contribution in [-0.2, 0) is 19.9 Å². The van der Waals surface area contributed by atoms with Gasteiger partial charge in [-0.1, -0.05) is 11.6 Å². The van der Waals surface area contributed by atoms with Crippen molar-refractivity contribution in [1.29, 1.82) is 0 Å². The number of halogens is 2. The first-order valence-corrected chi connectivity index (χ1v) is 6.53. The summed E-state index contributed by atoms with van der Waals surface area (Å²) < 4.78 is 24.4. The van der Waals surface area contributed by atoms with Gasteiger partial charge < -0.3 is 19.9 Å². The van der Waals surface area contributed by atoms with Crippen LogP contribution in [0.4, 0.5) is 10.1 Å². The number of carbonyl (C=O) groups excluding carboxylic acids is 1. The van der Waals surface area contributed by atoms with E-state index in [1.807, 2.05) is 0 Å². The van der Waals surface area contributed by atoms with Gasteiger partial charge in [-0.05, 0) is 19.1 Å². The summed E-state index contributed by atoms with van der Waals surface area (Å²) in [4.78, 5) is 12.1. The highest BCUT2D eigenvalue weighted by Crippen LogP contribution is 2.44. The Bertz CT molecular complexity index is 588. The second kappa shape index (κ2) is 4.39. The standard InChI is InChI=1S/C13H13ClFNO4/c1-12(19-2-3-20-12)6-13(18)7-4-9(15)8(14)5-10(7)16-11(13)17/h4-5,18H,2-3,6H2,1H3,(H,16,17). The minimum atomic E-state index is -1.90. The van der Waals surface area contributed by atoms with Crippen molar-refractivity contribution >= 4 is 23.2 Å². The number of ether oxygens (including phenoxy) is 2. The SMILES string of the molecule is CC1(CC2(O)C(=O)Nc3cc(Cl)c(F)cc32)OCCO1. The molecule has 2 N–H and O–H groups in total. The molecule has 1 saturated heterocycles. The third-order valence-electron chi connectivity index (χ3n) is 3.60. The number of carbonyl (C=O) groups is 1. The van der Waals surface area contributed by atoms with Crippen LogP contribution in [0.2, 0.25) is 5.02 Å². The highest BCUT2D eigenvalue weighted by atomic mass is 35.5. The van der Waals surface area contributed by atoms with E-state index >= 15 is 0 Å². The molecular formula is C13H13ClFNO4. The number of benzene rings is 1. The molecule has 1 unspecified atom stereocenters. The first-order chi connectivity index (χ1) is 9.34. The van der Waals surface area contributed by atoms with Crippen LogP contribution in [0.25, 0.3) is 0 Å². The maximum Gasteiger partial charge on any atom is 0.261 e. The molecule has 2 heterocycles. The van der Waals surface area contributed by atoms with Crippen LogP contribution < -0.4 is 5.32 Å². The van der Waals surface area contributed by atoms with E-state index in [1.54, 1.807) is 6.92 Å². The number of rotatable bonds is 2. The van der Waals surface area contributed by atoms with Gasteiger partial charge in [0.15, 0.2) is 11.4 Å². The van der Waals surface area contributed by atoms with E-state index in [9.17, 15) is 14.3 Å². The van der Waals surface area contributed by atoms with Gasteiger partial charge in [0.05, 0.1) is 18.2 Å². The summed E-state index contributed by atoms with van der Waals surface area (Å²) in [5.74, 6) is -2.42. The topological polar surface area (TPSA) is 67.8 Å². The number of amides is 1. The van der Waals surface area contributed by atoms with Crippen LogP contribution in [0.15, 0.2) is 12.1 Å². The lowest BCUT2D eigenvalue weighted by molar-refractivity contribution is -0.186. The molecule has 20 heavy (non-hydrogen) atoms. The van der Waals surface area contributed by atoms with E-state index in [0.717, 1.165) is 6.07 Å². The lowest BCUT2D eigenvalue weighted by Crippen LogP contribution is -2.43. The second-order valence-corrected chi connectivity index (χ2v) is 5.54. The Morgan fingerprint density at radius 2 is 2.10 bits per heavy atom. The number of hydrogen-bond acceptors (Lipinski definition) is 4. The molecule has 7 heteroatoms. The van der Waals surface area contributed by atoms with Gasteiger partial charge in [0.25, 0.3) is 5.91 Å². The third kappa shape index (κ3) is 2.00. The first kappa shape index (κ1) is 13.8. The first-order valence-electron chi connectivity index (χ1n) is 6.15. The zero-order valence-electron chi connectivity index (χ0n) is 10.7. The highest BCUT2D eigenvalue weighted by molar-refractivity contribution is 6.31. The smallest absolute Gasteiger partial charge is 0.261 e. The van der Waals surface area contributed by atoms with Crippen molar-refractivity contribution < 1.29 is 23.8 Å². The molecular weight excluding hydrogens is 289 g/mol. The van der Waals surface area contributed by atoms with Crippen molar-refractivity contribution in [2.45, 2.75) is 24.7 Å². The normalized spacial score (nSPS) is 27.5. The van der Waals surface area contributed by atoms with Crippen molar-refractivity contribution in [2.24, 2.45) is 0 Å². The summed E-state index contributed by atoms with van der Waals surface area (Å²) in [5, 5.41) is 13.0. The molecule has 0 aromatic heterocycles. The fourth-order valence-electron chi connectivity index (χ4n) is 2.64. The number of nitrogens with one attached hydrogen (secondary N) is 1. The minimum absolute atomic E-state index is 0.118. The molecule has 5 nitrogen and oxygen atoms in total. The number of anilines is 1. The maximum absolute atomic E-state index is 13.6. The maximum atomic E-state index is 13.6. The Hall–Kier alpha value is -1.21. The quantitative estimate of drug-likeness (QED) is 0.873. The molecule has 3 rings (SSSR count). The fourth-order valence-corrected chi connectivity index (χ4v) is 2.80. The molecule has 2 aliphatic heterocycles. The Labute approximate surface area is 119 Å². The van der Waals surface area contributed by atoms with Crippen LogP contribution in [0.3, 0.4) is 0 Å². The lowest BCUT2D eigenvalue weighted by atomic mass is 9.88. The van der Waals surface area contributed by atoms with Crippen LogP contribution in [-0.4, -0.2) is 30.0 Å². The van der Waals surface area contributed by atoms with Crippen LogP contribution in [0.5, 0.6) is 0 Å². The van der Waals surface area contributed by atoms with Crippen molar-refractivity contribution in [3.63, 3.8) is 0 Å². The van der Waals surface area contributed by atoms with Gasteiger partial charge in [-0.3, -0.25) is 4.79 Å². The predicted molar refractivity (Wildman–Crippen MR) is 68.9 cm³/mol. The Morgan fingerprint density at radius 1 is 1.45 bits per heavy atom. The number of aliphatic hydroxyl groups is 1. The van der Waals surface area contributed by atoms with Gasteiger partial charge in [0.2, 0.25) is 0 Å². The molecule has 1 fully saturated rings. The van der Waals surface area contributed by atoms with Crippen molar-refractivity contribution in [3.05, 3.63) is 28.5 Å². The molecule has 108 valence electrons. The molecule has 0 aliphatic carbocycles. The average Bonchev–Trinajstić information content (AvgIpc) is 2.87. The number of hydrogen-bond donors (Lipinski definition) is 2. The lowest BCUT2D eigenvalue weighted by Gasteiger charge is -2.30. The summed E-state index contributed by atoms with van der Waals surface area (Å²) in [6.07, 6.45) is -0.125. The van der Waals surface area contributed by atoms with Gasteiger partial charge in [0, 0.05) is 17.7 Å². The summed E-state index contributed by atoms with van der Waals surface area (Å²) in [6.45, 7) is 2.40. The Kier molecular flexibility index (Phi) is 3.02. The van der Waals surface area contributed by atoms with Crippen LogP contribution in [0, 0.1) is 5.82 Å². The molecule has 1 atom stereocenters. The Morgan fingerprint density at radius 3 is 2.75 bits per heavy atom. The van der Waals surface area contributed by atoms with E-state index in [1.165, 1.54) is 6.07 Å². The molecule has 0 radical (unpaired) electrons. The summed E-state index contributed by atoms with van der Waals surface area (Å²) in [6, 6.07) is 2.34. The van der Waals surface area contributed by atoms with E-state index in [0.29, 0.717) is 18.9 Å². The van der Waals surface area contributed by atoms with Gasteiger partial charge in [-0.15, -0.1) is 0 Å². The monoisotopic (exact) mass is 301 g/mol. The largest absolute Gasteiger partial charge is 0.375 e. The zero-order chi connectivity index (χ0) is 14.5.